The molecule has 0 saturated heterocycles. The molecule has 5 N–H and O–H groups in total. The van der Waals surface area contributed by atoms with Crippen LogP contribution in [0.15, 0.2) is 21.8 Å². The Morgan fingerprint density at radius 1 is 1.50 bits per heavy atom. The van der Waals surface area contributed by atoms with Crippen LogP contribution in [0.3, 0.4) is 0 Å². The van der Waals surface area contributed by atoms with Gasteiger partial charge < -0.3 is 24.7 Å². The molecular formula is C11H14N3O7P. The molecule has 2 aromatic rings. The Kier molecular flexibility index (Phi) is 4.67. The summed E-state index contributed by atoms with van der Waals surface area (Å²) in [5.41, 5.74) is 0.590. The van der Waals surface area contributed by atoms with Crippen molar-refractivity contribution in [1.82, 2.24) is 10.1 Å². The van der Waals surface area contributed by atoms with Crippen LogP contribution in [0.4, 0.5) is 5.69 Å². The number of aromatic nitrogens is 2. The van der Waals surface area contributed by atoms with Gasteiger partial charge in [0.25, 0.3) is 0 Å². The highest BCUT2D eigenvalue weighted by molar-refractivity contribution is 7.46. The third kappa shape index (κ3) is 3.95. The number of aryl methyl sites for hydroxylation is 1. The minimum Gasteiger partial charge on any atom is -0.506 e. The lowest BCUT2D eigenvalue weighted by atomic mass is 10.1. The number of rotatable bonds is 6. The Morgan fingerprint density at radius 3 is 2.82 bits per heavy atom. The molecule has 0 radical (unpaired) electrons. The molecule has 0 unspecified atom stereocenters. The van der Waals surface area contributed by atoms with Crippen LogP contribution in [0.1, 0.15) is 16.8 Å². The number of phosphoric acid groups is 1. The summed E-state index contributed by atoms with van der Waals surface area (Å²) < 4.78 is 19.8. The molecule has 120 valence electrons. The van der Waals surface area contributed by atoms with E-state index in [9.17, 15) is 14.5 Å². The van der Waals surface area contributed by atoms with Crippen molar-refractivity contribution in [3.05, 3.63) is 39.6 Å². The Labute approximate surface area is 124 Å². The van der Waals surface area contributed by atoms with Crippen molar-refractivity contribution in [2.45, 2.75) is 20.1 Å². The summed E-state index contributed by atoms with van der Waals surface area (Å²) in [7, 11) is -4.65. The van der Waals surface area contributed by atoms with Crippen LogP contribution >= 0.6 is 7.82 Å². The van der Waals surface area contributed by atoms with Crippen molar-refractivity contribution in [3.8, 4) is 5.75 Å². The van der Waals surface area contributed by atoms with E-state index in [1.807, 2.05) is 0 Å². The monoisotopic (exact) mass is 331 g/mol. The number of H-pyrrole nitrogens is 1. The van der Waals surface area contributed by atoms with Crippen molar-refractivity contribution in [2.75, 3.05) is 5.32 Å². The largest absolute Gasteiger partial charge is 0.506 e. The number of hydrogen-bond acceptors (Lipinski definition) is 7. The molecule has 0 spiro atoms. The number of hydrogen-bond donors (Lipinski definition) is 5. The third-order valence-corrected chi connectivity index (χ3v) is 3.31. The smallest absolute Gasteiger partial charge is 0.469 e. The van der Waals surface area contributed by atoms with Gasteiger partial charge >= 0.3 is 13.4 Å². The fourth-order valence-corrected chi connectivity index (χ4v) is 2.02. The first kappa shape index (κ1) is 16.2. The summed E-state index contributed by atoms with van der Waals surface area (Å²) >= 11 is 0. The van der Waals surface area contributed by atoms with Crippen LogP contribution in [0, 0.1) is 6.92 Å². The zero-order valence-corrected chi connectivity index (χ0v) is 12.3. The van der Waals surface area contributed by atoms with Gasteiger partial charge in [0.1, 0.15) is 17.7 Å². The summed E-state index contributed by atoms with van der Waals surface area (Å²) in [6, 6.07) is 0. The van der Waals surface area contributed by atoms with Gasteiger partial charge in [-0.2, -0.15) is 5.16 Å². The first-order valence-electron chi connectivity index (χ1n) is 6.04. The van der Waals surface area contributed by atoms with Gasteiger partial charge in [-0.15, -0.1) is 0 Å². The fourth-order valence-electron chi connectivity index (χ4n) is 1.72. The average molecular weight is 331 g/mol. The van der Waals surface area contributed by atoms with Gasteiger partial charge in [0, 0.05) is 23.9 Å². The van der Waals surface area contributed by atoms with Crippen LogP contribution in [0.5, 0.6) is 5.75 Å². The Hall–Kier alpha value is -2.13. The normalized spacial score (nSPS) is 11.6. The second kappa shape index (κ2) is 6.32. The van der Waals surface area contributed by atoms with E-state index in [1.165, 1.54) is 12.5 Å². The Balaban J connectivity index is 2.23. The molecule has 0 aliphatic carbocycles. The van der Waals surface area contributed by atoms with Gasteiger partial charge in [-0.05, 0) is 6.92 Å². The van der Waals surface area contributed by atoms with E-state index in [2.05, 4.69) is 24.5 Å². The van der Waals surface area contributed by atoms with Gasteiger partial charge in [0.05, 0.1) is 12.3 Å². The van der Waals surface area contributed by atoms with Gasteiger partial charge in [0.2, 0.25) is 0 Å². The summed E-state index contributed by atoms with van der Waals surface area (Å²) in [6.45, 7) is 1.14. The lowest BCUT2D eigenvalue weighted by Gasteiger charge is -2.14. The number of phosphoric ester groups is 1. The van der Waals surface area contributed by atoms with Crippen LogP contribution in [0.2, 0.25) is 0 Å². The van der Waals surface area contributed by atoms with E-state index in [4.69, 9.17) is 9.79 Å². The number of aromatic amines is 1. The van der Waals surface area contributed by atoms with Crippen molar-refractivity contribution in [1.29, 1.82) is 0 Å². The van der Waals surface area contributed by atoms with Gasteiger partial charge in [-0.25, -0.2) is 4.57 Å². The molecule has 0 aliphatic rings. The van der Waals surface area contributed by atoms with E-state index in [0.29, 0.717) is 11.3 Å². The van der Waals surface area contributed by atoms with Gasteiger partial charge in [0.15, 0.2) is 0 Å². The maximum atomic E-state index is 11.3. The molecule has 0 atom stereocenters. The molecule has 2 heterocycles. The topological polar surface area (TPSA) is 158 Å². The second-order valence-corrected chi connectivity index (χ2v) is 5.63. The van der Waals surface area contributed by atoms with Crippen molar-refractivity contribution >= 4 is 13.5 Å². The van der Waals surface area contributed by atoms with E-state index in [1.54, 1.807) is 6.92 Å². The average Bonchev–Trinajstić information content (AvgIpc) is 2.83. The number of aromatic hydroxyl groups is 1. The van der Waals surface area contributed by atoms with Crippen LogP contribution < -0.4 is 10.9 Å². The molecule has 11 heteroatoms. The van der Waals surface area contributed by atoms with Gasteiger partial charge in [-0.1, -0.05) is 0 Å². The summed E-state index contributed by atoms with van der Waals surface area (Å²) in [6.07, 6.45) is 2.50. The molecule has 2 rings (SSSR count). The summed E-state index contributed by atoms with van der Waals surface area (Å²) in [5, 5.41) is 14.9. The highest BCUT2D eigenvalue weighted by Gasteiger charge is 2.18. The second-order valence-electron chi connectivity index (χ2n) is 4.39. The molecule has 0 saturated carbocycles. The number of nitrogens with one attached hydrogen (secondary N) is 2. The molecule has 10 nitrogen and oxygen atoms in total. The molecule has 2 aromatic heterocycles. The number of anilines is 1. The minimum atomic E-state index is -4.65. The fraction of sp³-hybridized carbons (Fsp3) is 0.273. The van der Waals surface area contributed by atoms with Crippen LogP contribution in [-0.4, -0.2) is 25.0 Å². The standard InChI is InChI=1S/C11H14N3O7P/c1-6-10(15)8(3-13-9-5-20-14-11(9)16)7(2-12-6)4-21-22(17,18)19/h2,5,13,15H,3-4H2,1H3,(H,14,16)(H2,17,18,19). The highest BCUT2D eigenvalue weighted by atomic mass is 31.2. The number of nitrogens with zero attached hydrogens (tertiary/aromatic N) is 1. The van der Waals surface area contributed by atoms with Crippen molar-refractivity contribution in [3.63, 3.8) is 0 Å². The SMILES string of the molecule is Cc1ncc(COP(=O)(O)O)c(CNc2co[nH]c2=O)c1O. The van der Waals surface area contributed by atoms with E-state index < -0.39 is 20.0 Å². The summed E-state index contributed by atoms with van der Waals surface area (Å²) in [5.74, 6) is -0.153. The summed E-state index contributed by atoms with van der Waals surface area (Å²) in [4.78, 5) is 32.7. The molecule has 0 bridgehead atoms. The lowest BCUT2D eigenvalue weighted by Crippen LogP contribution is -2.11. The Morgan fingerprint density at radius 2 is 2.23 bits per heavy atom. The molecular weight excluding hydrogens is 317 g/mol. The van der Waals surface area contributed by atoms with E-state index in [-0.39, 0.29) is 23.5 Å². The molecule has 0 aliphatic heterocycles. The maximum Gasteiger partial charge on any atom is 0.469 e. The lowest BCUT2D eigenvalue weighted by molar-refractivity contribution is 0.188. The molecule has 0 amide bonds. The molecule has 0 aromatic carbocycles. The first-order valence-corrected chi connectivity index (χ1v) is 7.57. The van der Waals surface area contributed by atoms with Crippen molar-refractivity contribution in [2.24, 2.45) is 0 Å². The zero-order chi connectivity index (χ0) is 16.3. The molecule has 22 heavy (non-hydrogen) atoms. The zero-order valence-electron chi connectivity index (χ0n) is 11.4. The maximum absolute atomic E-state index is 11.3. The van der Waals surface area contributed by atoms with Gasteiger partial charge in [-0.3, -0.25) is 14.3 Å². The molecule has 0 fully saturated rings. The third-order valence-electron chi connectivity index (χ3n) is 2.85. The van der Waals surface area contributed by atoms with Crippen molar-refractivity contribution < 1.29 is 28.5 Å². The first-order chi connectivity index (χ1) is 10.3. The quantitative estimate of drug-likeness (QED) is 0.478. The number of pyridine rings is 1. The van der Waals surface area contributed by atoms with E-state index >= 15 is 0 Å². The van der Waals surface area contributed by atoms with E-state index in [0.717, 1.165) is 0 Å². The Bertz CT molecular complexity index is 763. The highest BCUT2D eigenvalue weighted by Crippen LogP contribution is 2.38. The van der Waals surface area contributed by atoms with Crippen LogP contribution in [-0.2, 0) is 22.2 Å². The predicted molar refractivity (Wildman–Crippen MR) is 74.1 cm³/mol. The minimum absolute atomic E-state index is 0.0116. The van der Waals surface area contributed by atoms with Crippen LogP contribution in [0.25, 0.3) is 0 Å². The predicted octanol–water partition coefficient (Wildman–Crippen LogP) is 0.598.